The van der Waals surface area contributed by atoms with Gasteiger partial charge in [0.25, 0.3) is 5.91 Å². The highest BCUT2D eigenvalue weighted by molar-refractivity contribution is 6.07. The Morgan fingerprint density at radius 3 is 2.45 bits per heavy atom. The average molecular weight is 597 g/mol. The third-order valence-corrected chi connectivity index (χ3v) is 8.25. The van der Waals surface area contributed by atoms with E-state index in [9.17, 15) is 14.4 Å². The molecule has 0 radical (unpaired) electrons. The van der Waals surface area contributed by atoms with Crippen LogP contribution in [-0.2, 0) is 13.5 Å². The molecule has 4 heterocycles. The van der Waals surface area contributed by atoms with Crippen LogP contribution in [-0.4, -0.2) is 82.0 Å². The number of rotatable bonds is 8. The molecule has 2 saturated heterocycles. The average Bonchev–Trinajstić information content (AvgIpc) is 3.48. The molecule has 2 aromatic carbocycles. The van der Waals surface area contributed by atoms with E-state index < -0.39 is 0 Å². The number of carbonyl (C=O) groups is 2. The Labute approximate surface area is 255 Å². The molecular weight excluding hydrogens is 560 g/mol. The van der Waals surface area contributed by atoms with Gasteiger partial charge in [-0.3, -0.25) is 19.5 Å². The lowest BCUT2D eigenvalue weighted by Gasteiger charge is -2.35. The van der Waals surface area contributed by atoms with Crippen LogP contribution in [0.2, 0.25) is 0 Å². The van der Waals surface area contributed by atoms with Crippen molar-refractivity contribution in [2.75, 3.05) is 43.5 Å². The van der Waals surface area contributed by atoms with Crippen LogP contribution in [0.4, 0.5) is 16.3 Å². The van der Waals surface area contributed by atoms with Gasteiger partial charge in [-0.2, -0.15) is 4.68 Å². The van der Waals surface area contributed by atoms with Crippen molar-refractivity contribution in [2.45, 2.75) is 32.4 Å². The molecule has 1 atom stereocenters. The van der Waals surface area contributed by atoms with Gasteiger partial charge in [0.15, 0.2) is 0 Å². The Morgan fingerprint density at radius 1 is 1.02 bits per heavy atom. The lowest BCUT2D eigenvalue weighted by molar-refractivity contribution is 0.0294. The summed E-state index contributed by atoms with van der Waals surface area (Å²) in [5, 5.41) is 7.07. The predicted octanol–water partition coefficient (Wildman–Crippen LogP) is 3.08. The fourth-order valence-electron chi connectivity index (χ4n) is 5.90. The molecule has 0 unspecified atom stereocenters. The van der Waals surface area contributed by atoms with Crippen molar-refractivity contribution in [1.29, 1.82) is 0 Å². The van der Waals surface area contributed by atoms with E-state index in [1.165, 1.54) is 9.25 Å². The molecule has 44 heavy (non-hydrogen) atoms. The first-order valence-electron chi connectivity index (χ1n) is 14.7. The SMILES string of the molecule is CCc1c(-c2ccc(-n3nc(OC4CN(C)C4)n(C)c3=O)cc2)ccnc1N1C[C@H](C)N(c2cccc(C(=O)NC)c2)C1=O. The summed E-state index contributed by atoms with van der Waals surface area (Å²) in [4.78, 5) is 49.2. The number of urea groups is 1. The Morgan fingerprint density at radius 2 is 1.77 bits per heavy atom. The van der Waals surface area contributed by atoms with Crippen LogP contribution in [0.3, 0.4) is 0 Å². The third-order valence-electron chi connectivity index (χ3n) is 8.25. The van der Waals surface area contributed by atoms with Crippen molar-refractivity contribution < 1.29 is 14.3 Å². The zero-order chi connectivity index (χ0) is 31.1. The van der Waals surface area contributed by atoms with Gasteiger partial charge < -0.3 is 10.1 Å². The lowest BCUT2D eigenvalue weighted by atomic mass is 9.98. The number of anilines is 2. The van der Waals surface area contributed by atoms with Gasteiger partial charge in [-0.05, 0) is 67.9 Å². The van der Waals surface area contributed by atoms with Gasteiger partial charge in [-0.1, -0.05) is 25.1 Å². The van der Waals surface area contributed by atoms with Crippen LogP contribution in [0, 0.1) is 0 Å². The van der Waals surface area contributed by atoms with Gasteiger partial charge in [0.05, 0.1) is 11.7 Å². The van der Waals surface area contributed by atoms with Gasteiger partial charge in [0.2, 0.25) is 0 Å². The lowest BCUT2D eigenvalue weighted by Crippen LogP contribution is -2.51. The molecule has 12 heteroatoms. The van der Waals surface area contributed by atoms with Crippen LogP contribution in [0.5, 0.6) is 6.01 Å². The number of nitrogens with zero attached hydrogens (tertiary/aromatic N) is 7. The van der Waals surface area contributed by atoms with Gasteiger partial charge in [0.1, 0.15) is 11.9 Å². The number of pyridine rings is 1. The van der Waals surface area contributed by atoms with Crippen LogP contribution in [0.25, 0.3) is 16.8 Å². The minimum atomic E-state index is -0.284. The quantitative estimate of drug-likeness (QED) is 0.332. The minimum Gasteiger partial charge on any atom is -0.457 e. The molecule has 4 aromatic rings. The van der Waals surface area contributed by atoms with E-state index in [1.54, 1.807) is 48.3 Å². The molecule has 228 valence electrons. The van der Waals surface area contributed by atoms with E-state index >= 15 is 0 Å². The first-order valence-corrected chi connectivity index (χ1v) is 14.7. The summed E-state index contributed by atoms with van der Waals surface area (Å²) in [5.41, 5.74) is 4.32. The fourth-order valence-corrected chi connectivity index (χ4v) is 5.90. The van der Waals surface area contributed by atoms with E-state index in [0.717, 1.165) is 29.8 Å². The van der Waals surface area contributed by atoms with Gasteiger partial charge in [-0.15, -0.1) is 5.10 Å². The highest BCUT2D eigenvalue weighted by atomic mass is 16.5. The number of likely N-dealkylation sites (N-methyl/N-ethyl adjacent to an activating group) is 1. The molecule has 0 bridgehead atoms. The molecule has 2 fully saturated rings. The molecule has 1 N–H and O–H groups in total. The number of benzene rings is 2. The third kappa shape index (κ3) is 5.11. The van der Waals surface area contributed by atoms with E-state index in [0.29, 0.717) is 41.7 Å². The number of hydrogen-bond acceptors (Lipinski definition) is 7. The van der Waals surface area contributed by atoms with Crippen molar-refractivity contribution in [1.82, 2.24) is 29.5 Å². The number of aromatic nitrogens is 4. The van der Waals surface area contributed by atoms with Crippen molar-refractivity contribution >= 4 is 23.4 Å². The van der Waals surface area contributed by atoms with Crippen LogP contribution in [0.1, 0.15) is 29.8 Å². The summed E-state index contributed by atoms with van der Waals surface area (Å²) >= 11 is 0. The second kappa shape index (κ2) is 11.6. The second-order valence-corrected chi connectivity index (χ2v) is 11.3. The van der Waals surface area contributed by atoms with Crippen molar-refractivity contribution in [2.24, 2.45) is 7.05 Å². The Hall–Kier alpha value is -4.97. The monoisotopic (exact) mass is 596 g/mol. The second-order valence-electron chi connectivity index (χ2n) is 11.3. The summed E-state index contributed by atoms with van der Waals surface area (Å²) in [6.07, 6.45) is 2.39. The van der Waals surface area contributed by atoms with Crippen LogP contribution >= 0.6 is 0 Å². The van der Waals surface area contributed by atoms with E-state index in [-0.39, 0.29) is 29.8 Å². The van der Waals surface area contributed by atoms with E-state index in [2.05, 4.69) is 20.3 Å². The molecular formula is C32H36N8O4. The molecule has 2 aromatic heterocycles. The van der Waals surface area contributed by atoms with Gasteiger partial charge in [-0.25, -0.2) is 19.1 Å². The number of amides is 3. The fraction of sp³-hybridized carbons (Fsp3) is 0.344. The highest BCUT2D eigenvalue weighted by Crippen LogP contribution is 2.35. The standard InChI is InChI=1S/C32H36N8O4/c1-6-26-27(21-10-12-23(13-11-21)40-31(42)37(5)30(35-40)44-25-18-36(4)19-25)14-15-34-28(26)38-17-20(2)39(32(38)43)24-9-7-8-22(16-24)29(41)33-3/h7-16,20,25H,6,17-19H2,1-5H3,(H,33,41)/t20-/m0/s1. The largest absolute Gasteiger partial charge is 0.457 e. The summed E-state index contributed by atoms with van der Waals surface area (Å²) in [6.45, 7) is 6.08. The molecule has 6 rings (SSSR count). The van der Waals surface area contributed by atoms with Gasteiger partial charge in [0, 0.05) is 56.7 Å². The topological polar surface area (TPSA) is 118 Å². The smallest absolute Gasteiger partial charge is 0.353 e. The Bertz CT molecular complexity index is 1770. The maximum Gasteiger partial charge on any atom is 0.353 e. The minimum absolute atomic E-state index is 0.0231. The van der Waals surface area contributed by atoms with Crippen molar-refractivity contribution in [3.05, 3.63) is 82.4 Å². The summed E-state index contributed by atoms with van der Waals surface area (Å²) in [6, 6.07) is 16.6. The Kier molecular flexibility index (Phi) is 7.68. The molecule has 0 saturated carbocycles. The molecule has 0 spiro atoms. The summed E-state index contributed by atoms with van der Waals surface area (Å²) < 4.78 is 8.69. The van der Waals surface area contributed by atoms with E-state index in [4.69, 9.17) is 4.74 Å². The first-order chi connectivity index (χ1) is 21.2. The number of nitrogens with one attached hydrogen (secondary N) is 1. The molecule has 2 aliphatic rings. The summed E-state index contributed by atoms with van der Waals surface area (Å²) in [7, 11) is 5.25. The van der Waals surface area contributed by atoms with Crippen LogP contribution in [0.15, 0.2) is 65.6 Å². The molecule has 2 aliphatic heterocycles. The maximum absolute atomic E-state index is 13.8. The normalized spacial score (nSPS) is 17.2. The number of ether oxygens (including phenoxy) is 1. The first kappa shape index (κ1) is 29.1. The zero-order valence-electron chi connectivity index (χ0n) is 25.5. The molecule has 3 amide bonds. The van der Waals surface area contributed by atoms with Crippen molar-refractivity contribution in [3.8, 4) is 22.8 Å². The predicted molar refractivity (Wildman–Crippen MR) is 168 cm³/mol. The molecule has 0 aliphatic carbocycles. The number of hydrogen-bond donors (Lipinski definition) is 1. The van der Waals surface area contributed by atoms with Crippen LogP contribution < -0.4 is 25.5 Å². The van der Waals surface area contributed by atoms with Crippen molar-refractivity contribution in [3.63, 3.8) is 0 Å². The maximum atomic E-state index is 13.8. The zero-order valence-corrected chi connectivity index (χ0v) is 25.5. The number of likely N-dealkylation sites (tertiary alicyclic amines) is 1. The van der Waals surface area contributed by atoms with E-state index in [1.807, 2.05) is 57.3 Å². The summed E-state index contributed by atoms with van der Waals surface area (Å²) in [5.74, 6) is 0.403. The highest BCUT2D eigenvalue weighted by Gasteiger charge is 2.38. The van der Waals surface area contributed by atoms with Gasteiger partial charge >= 0.3 is 17.7 Å². The molecule has 12 nitrogen and oxygen atoms in total. The Balaban J connectivity index is 1.27. The number of carbonyl (C=O) groups excluding carboxylic acids is 2.